The molecule has 3 N–H and O–H groups in total. The van der Waals surface area contributed by atoms with Gasteiger partial charge in [-0.2, -0.15) is 0 Å². The van der Waals surface area contributed by atoms with Crippen LogP contribution in [0.4, 0.5) is 0 Å². The van der Waals surface area contributed by atoms with Gasteiger partial charge < -0.3 is 11.1 Å². The van der Waals surface area contributed by atoms with Crippen molar-refractivity contribution in [1.29, 1.82) is 0 Å². The Morgan fingerprint density at radius 2 is 2.06 bits per heavy atom. The molecule has 0 aliphatic carbocycles. The second-order valence-electron chi connectivity index (χ2n) is 3.85. The van der Waals surface area contributed by atoms with Crippen LogP contribution in [0.1, 0.15) is 20.8 Å². The third-order valence-corrected chi connectivity index (χ3v) is 3.76. The fourth-order valence-corrected chi connectivity index (χ4v) is 2.30. The first-order valence-electron chi connectivity index (χ1n) is 5.32. The molecule has 6 heteroatoms. The monoisotopic (exact) mass is 264 g/mol. The summed E-state index contributed by atoms with van der Waals surface area (Å²) in [5, 5.41) is 2.71. The molecule has 0 radical (unpaired) electrons. The van der Waals surface area contributed by atoms with Gasteiger partial charge in [-0.3, -0.25) is 9.00 Å². The summed E-state index contributed by atoms with van der Waals surface area (Å²) < 4.78 is 11.1. The van der Waals surface area contributed by atoms with Crippen LogP contribution in [-0.4, -0.2) is 33.2 Å². The average molecular weight is 264 g/mol. The molecule has 0 bridgehead atoms. The first-order valence-corrected chi connectivity index (χ1v) is 7.21. The Balaban J connectivity index is 4.13. The predicted octanol–water partition coefficient (Wildman–Crippen LogP) is 0.430. The van der Waals surface area contributed by atoms with Gasteiger partial charge in [-0.1, -0.05) is 33.0 Å². The molecular formula is C10H20N2O2S2. The largest absolute Gasteiger partial charge is 0.393 e. The standard InChI is InChI=1S/C10H20N2O2S2/c1-4-16(14)6-5-12-10(13)8(7(2)3)9(11)15/h7-8H,4-6H2,1-3H3,(H2,11,15)(H,12,13). The molecule has 2 atom stereocenters. The Morgan fingerprint density at radius 1 is 1.50 bits per heavy atom. The zero-order valence-corrected chi connectivity index (χ0v) is 11.6. The quantitative estimate of drug-likeness (QED) is 0.654. The lowest BCUT2D eigenvalue weighted by molar-refractivity contribution is -0.123. The third kappa shape index (κ3) is 5.55. The van der Waals surface area contributed by atoms with Crippen molar-refractivity contribution in [1.82, 2.24) is 5.32 Å². The zero-order chi connectivity index (χ0) is 12.7. The number of nitrogens with two attached hydrogens (primary N) is 1. The Labute approximate surface area is 105 Å². The van der Waals surface area contributed by atoms with Crippen molar-refractivity contribution in [2.24, 2.45) is 17.6 Å². The summed E-state index contributed by atoms with van der Waals surface area (Å²) in [6.45, 7) is 6.05. The van der Waals surface area contributed by atoms with Crippen molar-refractivity contribution < 1.29 is 9.00 Å². The number of carbonyl (C=O) groups excluding carboxylic acids is 1. The number of thiocarbonyl (C=S) groups is 1. The van der Waals surface area contributed by atoms with E-state index in [1.165, 1.54) is 0 Å². The van der Waals surface area contributed by atoms with Gasteiger partial charge >= 0.3 is 0 Å². The van der Waals surface area contributed by atoms with E-state index in [9.17, 15) is 9.00 Å². The highest BCUT2D eigenvalue weighted by atomic mass is 32.2. The molecule has 0 aromatic heterocycles. The predicted molar refractivity (Wildman–Crippen MR) is 71.7 cm³/mol. The van der Waals surface area contributed by atoms with Gasteiger partial charge in [-0.15, -0.1) is 0 Å². The average Bonchev–Trinajstić information content (AvgIpc) is 2.16. The maximum Gasteiger partial charge on any atom is 0.230 e. The second-order valence-corrected chi connectivity index (χ2v) is 6.18. The lowest BCUT2D eigenvalue weighted by atomic mass is 9.95. The maximum atomic E-state index is 11.7. The van der Waals surface area contributed by atoms with Crippen LogP contribution >= 0.6 is 12.2 Å². The molecule has 0 aromatic rings. The van der Waals surface area contributed by atoms with Crippen LogP contribution in [-0.2, 0) is 15.6 Å². The van der Waals surface area contributed by atoms with Crippen molar-refractivity contribution >= 4 is 33.9 Å². The minimum Gasteiger partial charge on any atom is -0.393 e. The van der Waals surface area contributed by atoms with Gasteiger partial charge in [-0.05, 0) is 5.92 Å². The van der Waals surface area contributed by atoms with E-state index in [4.69, 9.17) is 18.0 Å². The van der Waals surface area contributed by atoms with Crippen LogP contribution < -0.4 is 11.1 Å². The second kappa shape index (κ2) is 7.73. The van der Waals surface area contributed by atoms with Crippen molar-refractivity contribution in [3.8, 4) is 0 Å². The van der Waals surface area contributed by atoms with E-state index in [-0.39, 0.29) is 16.8 Å². The van der Waals surface area contributed by atoms with Gasteiger partial charge in [-0.25, -0.2) is 0 Å². The van der Waals surface area contributed by atoms with Gasteiger partial charge in [0.1, 0.15) is 0 Å². The summed E-state index contributed by atoms with van der Waals surface area (Å²) >= 11 is 4.85. The molecule has 0 aliphatic heterocycles. The molecule has 1 amide bonds. The molecule has 0 fully saturated rings. The van der Waals surface area contributed by atoms with Crippen LogP contribution in [0.25, 0.3) is 0 Å². The topological polar surface area (TPSA) is 72.2 Å². The molecule has 0 aliphatic rings. The van der Waals surface area contributed by atoms with Crippen LogP contribution in [0.5, 0.6) is 0 Å². The molecule has 0 rings (SSSR count). The van der Waals surface area contributed by atoms with E-state index in [0.29, 0.717) is 18.1 Å². The summed E-state index contributed by atoms with van der Waals surface area (Å²) in [6, 6.07) is 0. The summed E-state index contributed by atoms with van der Waals surface area (Å²) in [5.41, 5.74) is 5.51. The minimum atomic E-state index is -0.857. The van der Waals surface area contributed by atoms with Crippen molar-refractivity contribution in [3.05, 3.63) is 0 Å². The molecule has 16 heavy (non-hydrogen) atoms. The fourth-order valence-electron chi connectivity index (χ4n) is 1.30. The smallest absolute Gasteiger partial charge is 0.230 e. The Morgan fingerprint density at radius 3 is 2.44 bits per heavy atom. The first-order chi connectivity index (χ1) is 7.40. The molecule has 2 unspecified atom stereocenters. The Kier molecular flexibility index (Phi) is 7.49. The lowest BCUT2D eigenvalue weighted by Crippen LogP contribution is -2.42. The van der Waals surface area contributed by atoms with Crippen molar-refractivity contribution in [2.75, 3.05) is 18.1 Å². The zero-order valence-electron chi connectivity index (χ0n) is 9.99. The lowest BCUT2D eigenvalue weighted by Gasteiger charge is -2.18. The number of hydrogen-bond acceptors (Lipinski definition) is 3. The molecule has 0 heterocycles. The van der Waals surface area contributed by atoms with Crippen LogP contribution in [0.15, 0.2) is 0 Å². The van der Waals surface area contributed by atoms with Crippen molar-refractivity contribution in [3.63, 3.8) is 0 Å². The normalized spacial score (nSPS) is 14.5. The molecule has 0 saturated heterocycles. The SMILES string of the molecule is CCS(=O)CCNC(=O)C(C(N)=S)C(C)C. The Hall–Kier alpha value is -0.490. The summed E-state index contributed by atoms with van der Waals surface area (Å²) in [4.78, 5) is 11.9. The number of carbonyl (C=O) groups is 1. The van der Waals surface area contributed by atoms with Crippen LogP contribution in [0, 0.1) is 11.8 Å². The maximum absolute atomic E-state index is 11.7. The molecule has 4 nitrogen and oxygen atoms in total. The highest BCUT2D eigenvalue weighted by Crippen LogP contribution is 2.11. The highest BCUT2D eigenvalue weighted by Gasteiger charge is 2.24. The molecular weight excluding hydrogens is 244 g/mol. The van der Waals surface area contributed by atoms with E-state index in [0.717, 1.165) is 0 Å². The number of rotatable bonds is 7. The van der Waals surface area contributed by atoms with Gasteiger partial charge in [0.15, 0.2) is 0 Å². The fraction of sp³-hybridized carbons (Fsp3) is 0.800. The van der Waals surface area contributed by atoms with Crippen LogP contribution in [0.3, 0.4) is 0 Å². The Bertz CT molecular complexity index is 280. The number of amides is 1. The minimum absolute atomic E-state index is 0.0779. The van der Waals surface area contributed by atoms with E-state index in [1.807, 2.05) is 20.8 Å². The van der Waals surface area contributed by atoms with E-state index in [1.54, 1.807) is 0 Å². The summed E-state index contributed by atoms with van der Waals surface area (Å²) in [5.74, 6) is 0.554. The summed E-state index contributed by atoms with van der Waals surface area (Å²) in [6.07, 6.45) is 0. The molecule has 0 saturated carbocycles. The van der Waals surface area contributed by atoms with E-state index < -0.39 is 16.7 Å². The van der Waals surface area contributed by atoms with Gasteiger partial charge in [0.05, 0.1) is 10.9 Å². The van der Waals surface area contributed by atoms with Crippen molar-refractivity contribution in [2.45, 2.75) is 20.8 Å². The van der Waals surface area contributed by atoms with Crippen LogP contribution in [0.2, 0.25) is 0 Å². The number of hydrogen-bond donors (Lipinski definition) is 2. The number of nitrogens with one attached hydrogen (secondary N) is 1. The molecule has 0 spiro atoms. The summed E-state index contributed by atoms with van der Waals surface area (Å²) in [7, 11) is -0.857. The highest BCUT2D eigenvalue weighted by molar-refractivity contribution is 7.84. The van der Waals surface area contributed by atoms with Gasteiger partial charge in [0.25, 0.3) is 0 Å². The first kappa shape index (κ1) is 15.5. The van der Waals surface area contributed by atoms with E-state index in [2.05, 4.69) is 5.32 Å². The molecule has 94 valence electrons. The van der Waals surface area contributed by atoms with E-state index >= 15 is 0 Å². The molecule has 0 aromatic carbocycles. The third-order valence-electron chi connectivity index (χ3n) is 2.21. The van der Waals surface area contributed by atoms with Gasteiger partial charge in [0, 0.05) is 28.9 Å². The van der Waals surface area contributed by atoms with Gasteiger partial charge in [0.2, 0.25) is 5.91 Å².